The van der Waals surface area contributed by atoms with Gasteiger partial charge in [0.15, 0.2) is 0 Å². The van der Waals surface area contributed by atoms with E-state index < -0.39 is 6.03 Å². The third kappa shape index (κ3) is 5.35. The SMILES string of the molecule is CCNC(=O)c1cccc(NC(=O)c2ccc(CNC(N)=O)cc2)c1. The minimum atomic E-state index is -0.603. The zero-order valence-corrected chi connectivity index (χ0v) is 13.8. The zero-order valence-electron chi connectivity index (χ0n) is 13.8. The number of nitrogens with two attached hydrogens (primary N) is 1. The maximum Gasteiger partial charge on any atom is 0.312 e. The quantitative estimate of drug-likeness (QED) is 0.643. The third-order valence-corrected chi connectivity index (χ3v) is 3.40. The molecule has 0 saturated heterocycles. The first-order chi connectivity index (χ1) is 12.0. The molecule has 7 nitrogen and oxygen atoms in total. The first-order valence-corrected chi connectivity index (χ1v) is 7.81. The van der Waals surface area contributed by atoms with Gasteiger partial charge in [-0.2, -0.15) is 0 Å². The van der Waals surface area contributed by atoms with E-state index in [1.165, 1.54) is 0 Å². The lowest BCUT2D eigenvalue weighted by atomic mass is 10.1. The van der Waals surface area contributed by atoms with Crippen LogP contribution < -0.4 is 21.7 Å². The van der Waals surface area contributed by atoms with Crippen LogP contribution in [0.15, 0.2) is 48.5 Å². The molecule has 0 aliphatic carbocycles. The van der Waals surface area contributed by atoms with Crippen molar-refractivity contribution < 1.29 is 14.4 Å². The van der Waals surface area contributed by atoms with Gasteiger partial charge in [0.25, 0.3) is 11.8 Å². The maximum absolute atomic E-state index is 12.3. The number of hydrogen-bond acceptors (Lipinski definition) is 3. The van der Waals surface area contributed by atoms with Gasteiger partial charge in [0.05, 0.1) is 0 Å². The predicted octanol–water partition coefficient (Wildman–Crippen LogP) is 1.86. The fourth-order valence-electron chi connectivity index (χ4n) is 2.17. The number of hydrogen-bond donors (Lipinski definition) is 4. The highest BCUT2D eigenvalue weighted by Gasteiger charge is 2.09. The van der Waals surface area contributed by atoms with Crippen LogP contribution in [0, 0.1) is 0 Å². The van der Waals surface area contributed by atoms with Crippen LogP contribution in [0.4, 0.5) is 10.5 Å². The van der Waals surface area contributed by atoms with Gasteiger partial charge < -0.3 is 21.7 Å². The van der Waals surface area contributed by atoms with Gasteiger partial charge >= 0.3 is 6.03 Å². The van der Waals surface area contributed by atoms with Gasteiger partial charge in [-0.05, 0) is 42.8 Å². The second-order valence-electron chi connectivity index (χ2n) is 5.31. The van der Waals surface area contributed by atoms with Gasteiger partial charge in [-0.25, -0.2) is 4.79 Å². The Morgan fingerprint density at radius 2 is 1.64 bits per heavy atom. The minimum Gasteiger partial charge on any atom is -0.352 e. The van der Waals surface area contributed by atoms with Gasteiger partial charge in [-0.3, -0.25) is 9.59 Å². The van der Waals surface area contributed by atoms with Gasteiger partial charge in [0.1, 0.15) is 0 Å². The fraction of sp³-hybridized carbons (Fsp3) is 0.167. The second-order valence-corrected chi connectivity index (χ2v) is 5.31. The lowest BCUT2D eigenvalue weighted by Gasteiger charge is -2.08. The second kappa shape index (κ2) is 8.49. The van der Waals surface area contributed by atoms with Crippen LogP contribution in [0.2, 0.25) is 0 Å². The Morgan fingerprint density at radius 1 is 0.920 bits per heavy atom. The number of carbonyl (C=O) groups is 3. The van der Waals surface area contributed by atoms with Crippen LogP contribution in [0.1, 0.15) is 33.2 Å². The summed E-state index contributed by atoms with van der Waals surface area (Å²) in [4.78, 5) is 34.8. The van der Waals surface area contributed by atoms with Crippen molar-refractivity contribution in [2.45, 2.75) is 13.5 Å². The Morgan fingerprint density at radius 3 is 2.28 bits per heavy atom. The number of rotatable bonds is 6. The average molecular weight is 340 g/mol. The Balaban J connectivity index is 2.03. The van der Waals surface area contributed by atoms with E-state index in [9.17, 15) is 14.4 Å². The lowest BCUT2D eigenvalue weighted by molar-refractivity contribution is 0.0954. The summed E-state index contributed by atoms with van der Waals surface area (Å²) in [5, 5.41) is 7.94. The minimum absolute atomic E-state index is 0.190. The summed E-state index contributed by atoms with van der Waals surface area (Å²) >= 11 is 0. The summed E-state index contributed by atoms with van der Waals surface area (Å²) in [7, 11) is 0. The largest absolute Gasteiger partial charge is 0.352 e. The lowest BCUT2D eigenvalue weighted by Crippen LogP contribution is -2.28. The molecule has 0 bridgehead atoms. The normalized spacial score (nSPS) is 9.96. The molecule has 2 aromatic carbocycles. The molecule has 130 valence electrons. The van der Waals surface area contributed by atoms with Gasteiger partial charge in [0.2, 0.25) is 0 Å². The smallest absolute Gasteiger partial charge is 0.312 e. The summed E-state index contributed by atoms with van der Waals surface area (Å²) in [5.74, 6) is -0.479. The van der Waals surface area contributed by atoms with Crippen molar-refractivity contribution in [3.05, 3.63) is 65.2 Å². The van der Waals surface area contributed by atoms with E-state index in [0.29, 0.717) is 29.9 Å². The highest BCUT2D eigenvalue weighted by Crippen LogP contribution is 2.13. The zero-order chi connectivity index (χ0) is 18.2. The standard InChI is InChI=1S/C18H20N4O3/c1-2-20-16(23)14-4-3-5-15(10-14)22-17(24)13-8-6-12(7-9-13)11-21-18(19)25/h3-10H,2,11H2,1H3,(H,20,23)(H,22,24)(H3,19,21,25). The Hall–Kier alpha value is -3.35. The molecule has 2 aromatic rings. The summed E-state index contributed by atoms with van der Waals surface area (Å²) in [6.07, 6.45) is 0. The van der Waals surface area contributed by atoms with Crippen molar-refractivity contribution in [1.29, 1.82) is 0 Å². The molecule has 25 heavy (non-hydrogen) atoms. The highest BCUT2D eigenvalue weighted by molar-refractivity contribution is 6.05. The van der Waals surface area contributed by atoms with Crippen molar-refractivity contribution in [2.24, 2.45) is 5.73 Å². The molecular weight excluding hydrogens is 320 g/mol. The van der Waals surface area contributed by atoms with Crippen molar-refractivity contribution in [2.75, 3.05) is 11.9 Å². The van der Waals surface area contributed by atoms with Crippen molar-refractivity contribution in [3.63, 3.8) is 0 Å². The molecule has 0 aromatic heterocycles. The Kier molecular flexibility index (Phi) is 6.11. The number of benzene rings is 2. The van der Waals surface area contributed by atoms with Crippen LogP contribution in [-0.4, -0.2) is 24.4 Å². The molecule has 4 amide bonds. The van der Waals surface area contributed by atoms with Crippen LogP contribution in [0.5, 0.6) is 0 Å². The molecule has 2 rings (SSSR count). The molecule has 0 heterocycles. The molecular formula is C18H20N4O3. The fourth-order valence-corrected chi connectivity index (χ4v) is 2.17. The summed E-state index contributed by atoms with van der Waals surface area (Å²) < 4.78 is 0. The molecule has 0 unspecified atom stereocenters. The first-order valence-electron chi connectivity index (χ1n) is 7.81. The average Bonchev–Trinajstić information content (AvgIpc) is 2.61. The predicted molar refractivity (Wildman–Crippen MR) is 95.3 cm³/mol. The van der Waals surface area contributed by atoms with Crippen LogP contribution in [0.25, 0.3) is 0 Å². The van der Waals surface area contributed by atoms with E-state index in [2.05, 4.69) is 16.0 Å². The molecule has 0 saturated carbocycles. The summed E-state index contributed by atoms with van der Waals surface area (Å²) in [6.45, 7) is 2.67. The van der Waals surface area contributed by atoms with Gasteiger partial charge in [-0.15, -0.1) is 0 Å². The first kappa shape index (κ1) is 18.0. The molecule has 0 atom stereocenters. The number of amides is 4. The van der Waals surface area contributed by atoms with E-state index in [4.69, 9.17) is 5.73 Å². The Bertz CT molecular complexity index is 772. The van der Waals surface area contributed by atoms with Gasteiger partial charge in [-0.1, -0.05) is 18.2 Å². The molecule has 0 radical (unpaired) electrons. The number of anilines is 1. The molecule has 0 spiro atoms. The van der Waals surface area contributed by atoms with Gasteiger partial charge in [0, 0.05) is 29.9 Å². The van der Waals surface area contributed by atoms with E-state index in [1.54, 1.807) is 48.5 Å². The molecule has 5 N–H and O–H groups in total. The number of primary amides is 1. The topological polar surface area (TPSA) is 113 Å². The van der Waals surface area contributed by atoms with E-state index in [-0.39, 0.29) is 11.8 Å². The molecule has 0 fully saturated rings. The molecule has 7 heteroatoms. The number of carbonyl (C=O) groups excluding carboxylic acids is 3. The summed E-state index contributed by atoms with van der Waals surface area (Å²) in [6, 6.07) is 12.9. The summed E-state index contributed by atoms with van der Waals surface area (Å²) in [5.41, 5.74) is 7.32. The van der Waals surface area contributed by atoms with Crippen molar-refractivity contribution in [1.82, 2.24) is 10.6 Å². The highest BCUT2D eigenvalue weighted by atomic mass is 16.2. The molecule has 0 aliphatic heterocycles. The number of nitrogens with one attached hydrogen (secondary N) is 3. The monoisotopic (exact) mass is 340 g/mol. The van der Waals surface area contributed by atoms with E-state index in [1.807, 2.05) is 6.92 Å². The Labute approximate surface area is 145 Å². The number of urea groups is 1. The maximum atomic E-state index is 12.3. The van der Waals surface area contributed by atoms with E-state index >= 15 is 0 Å². The van der Waals surface area contributed by atoms with E-state index in [0.717, 1.165) is 5.56 Å². The van der Waals surface area contributed by atoms with Crippen LogP contribution >= 0.6 is 0 Å². The van der Waals surface area contributed by atoms with Crippen LogP contribution in [-0.2, 0) is 6.54 Å². The van der Waals surface area contributed by atoms with Crippen molar-refractivity contribution >= 4 is 23.5 Å². The van der Waals surface area contributed by atoms with Crippen molar-refractivity contribution in [3.8, 4) is 0 Å². The third-order valence-electron chi connectivity index (χ3n) is 3.40. The van der Waals surface area contributed by atoms with Crippen LogP contribution in [0.3, 0.4) is 0 Å². The molecule has 0 aliphatic rings.